The zero-order valence-corrected chi connectivity index (χ0v) is 17.8. The number of rotatable bonds is 3. The smallest absolute Gasteiger partial charge is 0.219 e. The maximum absolute atomic E-state index is 13.5. The monoisotopic (exact) mass is 436 g/mol. The first-order valence-electron chi connectivity index (χ1n) is 10.2. The van der Waals surface area contributed by atoms with Gasteiger partial charge in [-0.2, -0.15) is 0 Å². The lowest BCUT2D eigenvalue weighted by molar-refractivity contribution is -0.130. The summed E-state index contributed by atoms with van der Waals surface area (Å²) in [5.41, 5.74) is 1.82. The molecule has 1 fully saturated rings. The Morgan fingerprint density at radius 2 is 1.83 bits per heavy atom. The minimum absolute atomic E-state index is 0. The van der Waals surface area contributed by atoms with E-state index in [0.717, 1.165) is 42.8 Å². The molecular weight excluding hydrogens is 410 g/mol. The van der Waals surface area contributed by atoms with Crippen LogP contribution in [0.1, 0.15) is 30.9 Å². The second kappa shape index (κ2) is 9.75. The number of fused-ring (bicyclic) bond motifs is 1. The van der Waals surface area contributed by atoms with Gasteiger partial charge in [0, 0.05) is 31.5 Å². The van der Waals surface area contributed by atoms with Crippen LogP contribution in [0.5, 0.6) is 5.75 Å². The Labute approximate surface area is 182 Å². The molecule has 1 atom stereocenters. The zero-order valence-electron chi connectivity index (χ0n) is 17.0. The third-order valence-corrected chi connectivity index (χ3v) is 6.01. The number of likely N-dealkylation sites (tertiary alicyclic amines) is 1. The molecule has 1 unspecified atom stereocenters. The molecule has 4 rings (SSSR count). The quantitative estimate of drug-likeness (QED) is 0.714. The summed E-state index contributed by atoms with van der Waals surface area (Å²) < 4.78 is 32.9. The Kier molecular flexibility index (Phi) is 7.32. The highest BCUT2D eigenvalue weighted by Crippen LogP contribution is 2.31. The predicted molar refractivity (Wildman–Crippen MR) is 114 cm³/mol. The van der Waals surface area contributed by atoms with Gasteiger partial charge in [-0.3, -0.25) is 9.69 Å². The van der Waals surface area contributed by atoms with Crippen LogP contribution in [0.3, 0.4) is 0 Å². The lowest BCUT2D eigenvalue weighted by Gasteiger charge is -2.36. The van der Waals surface area contributed by atoms with Crippen molar-refractivity contribution < 1.29 is 18.3 Å². The van der Waals surface area contributed by atoms with Gasteiger partial charge in [0.05, 0.1) is 6.54 Å². The van der Waals surface area contributed by atoms with Crippen LogP contribution in [0.15, 0.2) is 42.5 Å². The van der Waals surface area contributed by atoms with E-state index in [2.05, 4.69) is 4.90 Å². The van der Waals surface area contributed by atoms with Gasteiger partial charge < -0.3 is 9.64 Å². The van der Waals surface area contributed by atoms with Crippen molar-refractivity contribution in [3.05, 3.63) is 65.2 Å². The van der Waals surface area contributed by atoms with Gasteiger partial charge in [-0.25, -0.2) is 8.78 Å². The first-order chi connectivity index (χ1) is 14.0. The Balaban J connectivity index is 0.00000256. The summed E-state index contributed by atoms with van der Waals surface area (Å²) in [4.78, 5) is 16.2. The number of hydrogen-bond donors (Lipinski definition) is 0. The van der Waals surface area contributed by atoms with Crippen molar-refractivity contribution in [2.24, 2.45) is 5.92 Å². The van der Waals surface area contributed by atoms with Crippen molar-refractivity contribution >= 4 is 18.3 Å². The number of carbonyl (C=O) groups excluding carboxylic acids is 1. The Morgan fingerprint density at radius 1 is 1.10 bits per heavy atom. The van der Waals surface area contributed by atoms with Gasteiger partial charge in [0.1, 0.15) is 11.9 Å². The molecule has 0 aliphatic carbocycles. The van der Waals surface area contributed by atoms with Crippen molar-refractivity contribution in [2.45, 2.75) is 39.0 Å². The van der Waals surface area contributed by atoms with Gasteiger partial charge in [0.15, 0.2) is 11.6 Å². The SMILES string of the molecule is CC(=O)N1Cc2ccccc2OC(C2CCN(Cc3ccc(F)c(F)c3)CC2)C1.Cl. The number of carbonyl (C=O) groups is 1. The Hall–Kier alpha value is -2.18. The summed E-state index contributed by atoms with van der Waals surface area (Å²) in [6.45, 7) is 5.12. The molecular formula is C23H27ClF2N2O2. The molecule has 30 heavy (non-hydrogen) atoms. The van der Waals surface area contributed by atoms with Gasteiger partial charge in [0.2, 0.25) is 5.91 Å². The number of ether oxygens (including phenoxy) is 1. The summed E-state index contributed by atoms with van der Waals surface area (Å²) >= 11 is 0. The van der Waals surface area contributed by atoms with Crippen LogP contribution in [0.25, 0.3) is 0 Å². The van der Waals surface area contributed by atoms with E-state index < -0.39 is 11.6 Å². The standard InChI is InChI=1S/C23H26F2N2O2.ClH/c1-16(28)27-14-19-4-2-3-5-22(19)29-23(15-27)18-8-10-26(11-9-18)13-17-6-7-20(24)21(25)12-17;/h2-7,12,18,23H,8-11,13-15H2,1H3;1H. The van der Waals surface area contributed by atoms with E-state index in [9.17, 15) is 13.6 Å². The molecule has 1 amide bonds. The molecule has 2 aliphatic rings. The lowest BCUT2D eigenvalue weighted by Crippen LogP contribution is -2.44. The predicted octanol–water partition coefficient (Wildman–Crippen LogP) is 4.41. The summed E-state index contributed by atoms with van der Waals surface area (Å²) in [5.74, 6) is -0.332. The van der Waals surface area contributed by atoms with Gasteiger partial charge >= 0.3 is 0 Å². The summed E-state index contributed by atoms with van der Waals surface area (Å²) in [6.07, 6.45) is 1.86. The van der Waals surface area contributed by atoms with E-state index in [-0.39, 0.29) is 24.4 Å². The largest absolute Gasteiger partial charge is 0.488 e. The van der Waals surface area contributed by atoms with E-state index in [4.69, 9.17) is 4.74 Å². The minimum Gasteiger partial charge on any atom is -0.488 e. The van der Waals surface area contributed by atoms with Crippen molar-refractivity contribution in [3.63, 3.8) is 0 Å². The highest BCUT2D eigenvalue weighted by molar-refractivity contribution is 5.85. The highest BCUT2D eigenvalue weighted by Gasteiger charge is 2.32. The van der Waals surface area contributed by atoms with E-state index in [1.54, 1.807) is 13.0 Å². The number of halogens is 3. The topological polar surface area (TPSA) is 32.8 Å². The van der Waals surface area contributed by atoms with Crippen molar-refractivity contribution in [2.75, 3.05) is 19.6 Å². The molecule has 2 aliphatic heterocycles. The molecule has 162 valence electrons. The molecule has 2 heterocycles. The molecule has 0 saturated carbocycles. The average molecular weight is 437 g/mol. The maximum atomic E-state index is 13.5. The average Bonchev–Trinajstić information content (AvgIpc) is 2.91. The molecule has 4 nitrogen and oxygen atoms in total. The zero-order chi connectivity index (χ0) is 20.4. The maximum Gasteiger partial charge on any atom is 0.219 e. The van der Waals surface area contributed by atoms with E-state index in [0.29, 0.717) is 25.6 Å². The van der Waals surface area contributed by atoms with Crippen LogP contribution < -0.4 is 4.74 Å². The fourth-order valence-corrected chi connectivity index (χ4v) is 4.30. The van der Waals surface area contributed by atoms with Gasteiger partial charge in [-0.15, -0.1) is 12.4 Å². The fraction of sp³-hybridized carbons (Fsp3) is 0.435. The molecule has 2 aromatic carbocycles. The lowest BCUT2D eigenvalue weighted by atomic mass is 9.90. The fourth-order valence-electron chi connectivity index (χ4n) is 4.30. The highest BCUT2D eigenvalue weighted by atomic mass is 35.5. The summed E-state index contributed by atoms with van der Waals surface area (Å²) in [5, 5.41) is 0. The number of hydrogen-bond acceptors (Lipinski definition) is 3. The van der Waals surface area contributed by atoms with Crippen LogP contribution in [0.2, 0.25) is 0 Å². The number of nitrogens with zero attached hydrogens (tertiary/aromatic N) is 2. The van der Waals surface area contributed by atoms with Crippen LogP contribution in [0, 0.1) is 17.6 Å². The van der Waals surface area contributed by atoms with Crippen LogP contribution >= 0.6 is 12.4 Å². The van der Waals surface area contributed by atoms with E-state index >= 15 is 0 Å². The van der Waals surface area contributed by atoms with Crippen LogP contribution in [-0.2, 0) is 17.9 Å². The molecule has 2 aromatic rings. The van der Waals surface area contributed by atoms with Gasteiger partial charge in [0.25, 0.3) is 0 Å². The Morgan fingerprint density at radius 3 is 2.53 bits per heavy atom. The number of piperidine rings is 1. The molecule has 0 spiro atoms. The number of amides is 1. The van der Waals surface area contributed by atoms with Crippen molar-refractivity contribution in [1.29, 1.82) is 0 Å². The molecule has 1 saturated heterocycles. The number of benzene rings is 2. The van der Waals surface area contributed by atoms with Gasteiger partial charge in [-0.05, 0) is 49.7 Å². The molecule has 0 radical (unpaired) electrons. The van der Waals surface area contributed by atoms with E-state index in [1.165, 1.54) is 12.1 Å². The summed E-state index contributed by atoms with van der Waals surface area (Å²) in [7, 11) is 0. The normalized spacial score (nSPS) is 20.0. The second-order valence-corrected chi connectivity index (χ2v) is 8.03. The van der Waals surface area contributed by atoms with E-state index in [1.807, 2.05) is 29.2 Å². The van der Waals surface area contributed by atoms with Crippen LogP contribution in [-0.4, -0.2) is 41.4 Å². The first-order valence-corrected chi connectivity index (χ1v) is 10.2. The number of para-hydroxylation sites is 1. The van der Waals surface area contributed by atoms with Gasteiger partial charge in [-0.1, -0.05) is 24.3 Å². The first kappa shape index (κ1) is 22.5. The molecule has 0 aromatic heterocycles. The minimum atomic E-state index is -0.812. The Bertz CT molecular complexity index is 887. The van der Waals surface area contributed by atoms with Crippen LogP contribution in [0.4, 0.5) is 8.78 Å². The van der Waals surface area contributed by atoms with Crippen molar-refractivity contribution in [3.8, 4) is 5.75 Å². The van der Waals surface area contributed by atoms with Crippen molar-refractivity contribution in [1.82, 2.24) is 9.80 Å². The second-order valence-electron chi connectivity index (χ2n) is 8.03. The third-order valence-electron chi connectivity index (χ3n) is 6.01. The molecule has 0 N–H and O–H groups in total. The molecule has 0 bridgehead atoms. The third kappa shape index (κ3) is 5.10. The molecule has 7 heteroatoms. The summed E-state index contributed by atoms with van der Waals surface area (Å²) in [6, 6.07) is 12.0.